The topological polar surface area (TPSA) is 176 Å². The number of ketones is 2. The molecule has 322 valence electrons. The van der Waals surface area contributed by atoms with Gasteiger partial charge in [-0.25, -0.2) is 19.2 Å². The first-order chi connectivity index (χ1) is 27.9. The predicted molar refractivity (Wildman–Crippen MR) is 218 cm³/mol. The number of hydrogen-bond acceptors (Lipinski definition) is 14. The van der Waals surface area contributed by atoms with Crippen LogP contribution in [0.3, 0.4) is 0 Å². The maximum atomic E-state index is 12.6. The maximum absolute atomic E-state index is 12.6. The molecule has 0 aromatic heterocycles. The number of ether oxygens (including phenoxy) is 8. The lowest BCUT2D eigenvalue weighted by Gasteiger charge is -2.30. The molecule has 0 bridgehead atoms. The molecular weight excluding hydrogens is 764 g/mol. The third kappa shape index (κ3) is 19.1. The quantitative estimate of drug-likeness (QED) is 0.0612. The highest BCUT2D eigenvalue weighted by atomic mass is 16.6. The Kier molecular flexibility index (Phi) is 21.0. The Morgan fingerprint density at radius 2 is 0.949 bits per heavy atom. The smallest absolute Gasteiger partial charge is 0.331 e. The first-order valence-corrected chi connectivity index (χ1v) is 19.2. The Balaban J connectivity index is 1.90. The molecule has 2 rings (SSSR count). The Hall–Kier alpha value is -5.60. The largest absolute Gasteiger partial charge is 0.491 e. The SMILES string of the molecule is CCC(COC(=O)/C=C/C(C)=O)(COC(=O)/C=C/C(C)=O)COC(=O)/C=C/C(=O)OC(C)COc1ccc(C(C)(C)c2ccc(OCC(C)OCC(C)OC)cc2)cc1. The summed E-state index contributed by atoms with van der Waals surface area (Å²) < 4.78 is 43.8. The van der Waals surface area contributed by atoms with Crippen molar-refractivity contribution in [3.05, 3.63) is 96.1 Å². The molecule has 0 saturated heterocycles. The van der Waals surface area contributed by atoms with Crippen LogP contribution in [0.25, 0.3) is 0 Å². The fraction of sp³-hybridized carbons (Fsp3) is 0.467. The minimum atomic E-state index is -1.19. The van der Waals surface area contributed by atoms with E-state index in [1.165, 1.54) is 13.8 Å². The van der Waals surface area contributed by atoms with Gasteiger partial charge >= 0.3 is 23.9 Å². The molecule has 0 N–H and O–H groups in total. The summed E-state index contributed by atoms with van der Waals surface area (Å²) in [6.45, 7) is 13.9. The molecule has 3 atom stereocenters. The fourth-order valence-corrected chi connectivity index (χ4v) is 4.97. The van der Waals surface area contributed by atoms with E-state index in [1.54, 1.807) is 21.0 Å². The number of benzene rings is 2. The van der Waals surface area contributed by atoms with E-state index in [0.717, 1.165) is 53.3 Å². The van der Waals surface area contributed by atoms with Gasteiger partial charge in [-0.15, -0.1) is 0 Å². The van der Waals surface area contributed by atoms with Gasteiger partial charge in [0.25, 0.3) is 0 Å². The first-order valence-electron chi connectivity index (χ1n) is 19.2. The van der Waals surface area contributed by atoms with Crippen LogP contribution in [-0.2, 0) is 62.6 Å². The van der Waals surface area contributed by atoms with E-state index in [1.807, 2.05) is 62.4 Å². The van der Waals surface area contributed by atoms with Crippen LogP contribution in [0.5, 0.6) is 11.5 Å². The van der Waals surface area contributed by atoms with E-state index < -0.39 is 35.4 Å². The molecule has 0 radical (unpaired) electrons. The molecule has 0 spiro atoms. The summed E-state index contributed by atoms with van der Waals surface area (Å²) in [7, 11) is 1.65. The van der Waals surface area contributed by atoms with Crippen molar-refractivity contribution in [2.45, 2.75) is 85.5 Å². The molecule has 14 nitrogen and oxygen atoms in total. The van der Waals surface area contributed by atoms with Gasteiger partial charge in [-0.1, -0.05) is 45.0 Å². The molecule has 0 fully saturated rings. The molecule has 3 unspecified atom stereocenters. The van der Waals surface area contributed by atoms with Crippen LogP contribution in [0.4, 0.5) is 0 Å². The molecular formula is C45H58O14. The van der Waals surface area contributed by atoms with Crippen LogP contribution in [0, 0.1) is 5.41 Å². The van der Waals surface area contributed by atoms with Gasteiger partial charge in [0.2, 0.25) is 0 Å². The summed E-state index contributed by atoms with van der Waals surface area (Å²) >= 11 is 0. The van der Waals surface area contributed by atoms with Crippen molar-refractivity contribution < 1.29 is 66.7 Å². The highest BCUT2D eigenvalue weighted by Gasteiger charge is 2.34. The molecule has 0 aliphatic carbocycles. The first kappa shape index (κ1) is 49.5. The van der Waals surface area contributed by atoms with Crippen LogP contribution >= 0.6 is 0 Å². The van der Waals surface area contributed by atoms with Gasteiger partial charge in [-0.05, 0) is 88.6 Å². The van der Waals surface area contributed by atoms with Gasteiger partial charge in [-0.3, -0.25) is 9.59 Å². The molecule has 2 aromatic carbocycles. The van der Waals surface area contributed by atoms with Crippen LogP contribution in [0.1, 0.15) is 72.9 Å². The molecule has 0 aliphatic rings. The number of methoxy groups -OCH3 is 1. The summed E-state index contributed by atoms with van der Waals surface area (Å²) in [6.07, 6.45) is 5.21. The van der Waals surface area contributed by atoms with Crippen LogP contribution in [0.2, 0.25) is 0 Å². The number of hydrogen-bond donors (Lipinski definition) is 0. The lowest BCUT2D eigenvalue weighted by atomic mass is 9.78. The fourth-order valence-electron chi connectivity index (χ4n) is 4.97. The Bertz CT molecular complexity index is 1730. The van der Waals surface area contributed by atoms with E-state index in [9.17, 15) is 28.8 Å². The number of esters is 4. The minimum Gasteiger partial charge on any atom is -0.491 e. The van der Waals surface area contributed by atoms with Gasteiger partial charge in [0, 0.05) is 36.8 Å². The van der Waals surface area contributed by atoms with E-state index >= 15 is 0 Å². The van der Waals surface area contributed by atoms with E-state index in [2.05, 4.69) is 13.8 Å². The number of carbonyl (C=O) groups is 6. The predicted octanol–water partition coefficient (Wildman–Crippen LogP) is 6.01. The minimum absolute atomic E-state index is 0.0171. The zero-order chi connectivity index (χ0) is 44.0. The number of allylic oxidation sites excluding steroid dienone is 2. The summed E-state index contributed by atoms with van der Waals surface area (Å²) in [4.78, 5) is 71.6. The summed E-state index contributed by atoms with van der Waals surface area (Å²) in [5.74, 6) is -2.80. The summed E-state index contributed by atoms with van der Waals surface area (Å²) in [5, 5.41) is 0. The van der Waals surface area contributed by atoms with Crippen molar-refractivity contribution in [2.75, 3.05) is 46.8 Å². The molecule has 0 saturated carbocycles. The van der Waals surface area contributed by atoms with Crippen LogP contribution < -0.4 is 9.47 Å². The van der Waals surface area contributed by atoms with E-state index in [4.69, 9.17) is 37.9 Å². The van der Waals surface area contributed by atoms with Crippen molar-refractivity contribution in [1.82, 2.24) is 0 Å². The average molecular weight is 823 g/mol. The van der Waals surface area contributed by atoms with Gasteiger partial charge in [0.05, 0.1) is 24.2 Å². The summed E-state index contributed by atoms with van der Waals surface area (Å²) in [6, 6.07) is 15.6. The maximum Gasteiger partial charge on any atom is 0.331 e. The molecule has 59 heavy (non-hydrogen) atoms. The van der Waals surface area contributed by atoms with E-state index in [0.29, 0.717) is 19.0 Å². The number of carbonyl (C=O) groups excluding carboxylic acids is 6. The third-order valence-electron chi connectivity index (χ3n) is 9.03. The van der Waals surface area contributed by atoms with Crippen LogP contribution in [0.15, 0.2) is 85.0 Å². The highest BCUT2D eigenvalue weighted by molar-refractivity contribution is 5.95. The normalized spacial score (nSPS) is 13.4. The lowest BCUT2D eigenvalue weighted by molar-refractivity contribution is -0.156. The second-order valence-electron chi connectivity index (χ2n) is 14.6. The van der Waals surface area contributed by atoms with E-state index in [-0.39, 0.29) is 62.0 Å². The Labute approximate surface area is 346 Å². The molecule has 0 aliphatic heterocycles. The standard InChI is InChI=1S/C45H58O14/c1-10-45(28-56-40(48)21-11-31(2)46,29-57-41(49)22-12-32(3)47)30-58-42(50)23-24-43(51)59-35(6)27-55-39-19-15-37(16-20-39)44(7,8)36-13-17-38(18-14-36)54-26-34(5)53-25-33(4)52-9/h11-24,33-35H,10,25-30H2,1-9H3/b21-11+,22-12+,24-23+. The molecule has 0 amide bonds. The second-order valence-corrected chi connectivity index (χ2v) is 14.6. The van der Waals surface area contributed by atoms with Crippen LogP contribution in [-0.4, -0.2) is 101 Å². The van der Waals surface area contributed by atoms with Gasteiger partial charge in [0.15, 0.2) is 11.6 Å². The molecule has 0 heterocycles. The number of rotatable bonds is 26. The second kappa shape index (κ2) is 25.0. The Morgan fingerprint density at radius 3 is 1.34 bits per heavy atom. The summed E-state index contributed by atoms with van der Waals surface area (Å²) in [5.41, 5.74) is 0.648. The van der Waals surface area contributed by atoms with Crippen molar-refractivity contribution in [2.24, 2.45) is 5.41 Å². The van der Waals surface area contributed by atoms with Gasteiger partial charge in [-0.2, -0.15) is 0 Å². The lowest BCUT2D eigenvalue weighted by Crippen LogP contribution is -2.38. The molecule has 2 aromatic rings. The van der Waals surface area contributed by atoms with Crippen molar-refractivity contribution in [1.29, 1.82) is 0 Å². The Morgan fingerprint density at radius 1 is 0.559 bits per heavy atom. The zero-order valence-corrected chi connectivity index (χ0v) is 35.5. The highest BCUT2D eigenvalue weighted by Crippen LogP contribution is 2.33. The van der Waals surface area contributed by atoms with Gasteiger partial charge in [0.1, 0.15) is 50.6 Å². The molecule has 14 heteroatoms. The van der Waals surface area contributed by atoms with Gasteiger partial charge < -0.3 is 37.9 Å². The average Bonchev–Trinajstić information content (AvgIpc) is 3.21. The third-order valence-corrected chi connectivity index (χ3v) is 9.03. The zero-order valence-electron chi connectivity index (χ0n) is 35.5. The van der Waals surface area contributed by atoms with Crippen molar-refractivity contribution in [3.8, 4) is 11.5 Å². The monoisotopic (exact) mass is 822 g/mol. The van der Waals surface area contributed by atoms with Crippen molar-refractivity contribution in [3.63, 3.8) is 0 Å². The van der Waals surface area contributed by atoms with Crippen molar-refractivity contribution >= 4 is 35.4 Å².